The van der Waals surface area contributed by atoms with Crippen LogP contribution in [-0.2, 0) is 4.79 Å². The van der Waals surface area contributed by atoms with E-state index in [1.165, 1.54) is 18.4 Å². The molecule has 2 N–H and O–H groups in total. The van der Waals surface area contributed by atoms with Crippen molar-refractivity contribution < 1.29 is 4.79 Å². The van der Waals surface area contributed by atoms with Crippen LogP contribution in [0.1, 0.15) is 44.2 Å². The average Bonchev–Trinajstić information content (AvgIpc) is 2.38. The van der Waals surface area contributed by atoms with Crippen LogP contribution in [0.15, 0.2) is 18.2 Å². The summed E-state index contributed by atoms with van der Waals surface area (Å²) >= 11 is 0. The van der Waals surface area contributed by atoms with E-state index in [1.807, 2.05) is 13.8 Å². The van der Waals surface area contributed by atoms with Crippen LogP contribution in [-0.4, -0.2) is 18.5 Å². The molecule has 1 amide bonds. The smallest absolute Gasteiger partial charge is 0.242 e. The minimum absolute atomic E-state index is 0.0667. The second kappa shape index (κ2) is 7.82. The molecule has 19 heavy (non-hydrogen) atoms. The first-order chi connectivity index (χ1) is 9.04. The highest BCUT2D eigenvalue weighted by atomic mass is 16.2. The maximum Gasteiger partial charge on any atom is 0.242 e. The number of rotatable bonds is 7. The number of unbranched alkanes of at least 4 members (excludes halogenated alkanes) is 2. The van der Waals surface area contributed by atoms with Crippen molar-refractivity contribution in [3.05, 3.63) is 29.3 Å². The fourth-order valence-corrected chi connectivity index (χ4v) is 1.93. The number of amides is 1. The summed E-state index contributed by atoms with van der Waals surface area (Å²) in [4.78, 5) is 11.9. The van der Waals surface area contributed by atoms with Crippen molar-refractivity contribution in [3.63, 3.8) is 0 Å². The van der Waals surface area contributed by atoms with Crippen LogP contribution in [0.2, 0.25) is 0 Å². The number of hydrogen-bond donors (Lipinski definition) is 2. The number of nitrogens with one attached hydrogen (secondary N) is 2. The standard InChI is InChI=1S/C16H26N2O/c1-5-6-7-10-17-16(19)14(4)18-15-11-12(2)8-9-13(15)3/h8-9,11,14,18H,5-7,10H2,1-4H3,(H,17,19). The number of carbonyl (C=O) groups is 1. The third-order valence-corrected chi connectivity index (χ3v) is 3.24. The van der Waals surface area contributed by atoms with Gasteiger partial charge in [-0.25, -0.2) is 0 Å². The summed E-state index contributed by atoms with van der Waals surface area (Å²) in [7, 11) is 0. The molecule has 1 aromatic rings. The van der Waals surface area contributed by atoms with Crippen LogP contribution in [0.25, 0.3) is 0 Å². The van der Waals surface area contributed by atoms with Gasteiger partial charge >= 0.3 is 0 Å². The summed E-state index contributed by atoms with van der Waals surface area (Å²) in [5.41, 5.74) is 3.40. The minimum atomic E-state index is -0.206. The molecule has 0 aromatic heterocycles. The van der Waals surface area contributed by atoms with Crippen molar-refractivity contribution >= 4 is 11.6 Å². The molecule has 0 heterocycles. The topological polar surface area (TPSA) is 41.1 Å². The predicted octanol–water partition coefficient (Wildman–Crippen LogP) is 3.41. The largest absolute Gasteiger partial charge is 0.374 e. The van der Waals surface area contributed by atoms with Crippen molar-refractivity contribution in [1.82, 2.24) is 5.32 Å². The molecule has 1 aromatic carbocycles. The van der Waals surface area contributed by atoms with Crippen LogP contribution in [0, 0.1) is 13.8 Å². The molecule has 0 fully saturated rings. The molecular weight excluding hydrogens is 236 g/mol. The lowest BCUT2D eigenvalue weighted by molar-refractivity contribution is -0.121. The Morgan fingerprint density at radius 2 is 2.00 bits per heavy atom. The number of hydrogen-bond acceptors (Lipinski definition) is 2. The molecule has 3 nitrogen and oxygen atoms in total. The molecule has 0 aliphatic carbocycles. The maximum absolute atomic E-state index is 11.9. The summed E-state index contributed by atoms with van der Waals surface area (Å²) in [5.74, 6) is 0.0667. The molecular formula is C16H26N2O. The van der Waals surface area contributed by atoms with Gasteiger partial charge in [0.2, 0.25) is 5.91 Å². The Balaban J connectivity index is 2.47. The van der Waals surface area contributed by atoms with E-state index in [0.29, 0.717) is 0 Å². The summed E-state index contributed by atoms with van der Waals surface area (Å²) < 4.78 is 0. The normalized spacial score (nSPS) is 12.0. The van der Waals surface area contributed by atoms with Gasteiger partial charge in [0.25, 0.3) is 0 Å². The molecule has 0 spiro atoms. The van der Waals surface area contributed by atoms with E-state index in [1.54, 1.807) is 0 Å². The van der Waals surface area contributed by atoms with Gasteiger partial charge in [0, 0.05) is 12.2 Å². The van der Waals surface area contributed by atoms with Crippen LogP contribution < -0.4 is 10.6 Å². The molecule has 0 aliphatic rings. The maximum atomic E-state index is 11.9. The zero-order valence-electron chi connectivity index (χ0n) is 12.5. The Bertz CT molecular complexity index is 415. The van der Waals surface area contributed by atoms with E-state index in [4.69, 9.17) is 0 Å². The van der Waals surface area contributed by atoms with Gasteiger partial charge in [0.1, 0.15) is 6.04 Å². The number of anilines is 1. The van der Waals surface area contributed by atoms with Gasteiger partial charge in [-0.3, -0.25) is 4.79 Å². The first kappa shape index (κ1) is 15.5. The molecule has 3 heteroatoms. The first-order valence-corrected chi connectivity index (χ1v) is 7.16. The molecule has 0 aliphatic heterocycles. The van der Waals surface area contributed by atoms with Crippen molar-refractivity contribution in [1.29, 1.82) is 0 Å². The van der Waals surface area contributed by atoms with Crippen molar-refractivity contribution in [2.24, 2.45) is 0 Å². The molecule has 0 saturated carbocycles. The van der Waals surface area contributed by atoms with Crippen molar-refractivity contribution in [3.8, 4) is 0 Å². The zero-order chi connectivity index (χ0) is 14.3. The Morgan fingerprint density at radius 3 is 2.68 bits per heavy atom. The molecule has 1 atom stereocenters. The van der Waals surface area contributed by atoms with E-state index < -0.39 is 0 Å². The molecule has 0 saturated heterocycles. The van der Waals surface area contributed by atoms with Gasteiger partial charge in [-0.1, -0.05) is 31.9 Å². The van der Waals surface area contributed by atoms with E-state index >= 15 is 0 Å². The van der Waals surface area contributed by atoms with E-state index in [2.05, 4.69) is 42.7 Å². The van der Waals surface area contributed by atoms with Crippen molar-refractivity contribution in [2.75, 3.05) is 11.9 Å². The van der Waals surface area contributed by atoms with Gasteiger partial charge in [0.15, 0.2) is 0 Å². The third kappa shape index (κ3) is 5.33. The fourth-order valence-electron chi connectivity index (χ4n) is 1.93. The summed E-state index contributed by atoms with van der Waals surface area (Å²) in [5, 5.41) is 6.25. The lowest BCUT2D eigenvalue weighted by Gasteiger charge is -2.17. The van der Waals surface area contributed by atoms with Gasteiger partial charge in [-0.15, -0.1) is 0 Å². The van der Waals surface area contributed by atoms with E-state index in [0.717, 1.165) is 24.2 Å². The Labute approximate surface area is 116 Å². The van der Waals surface area contributed by atoms with Crippen LogP contribution in [0.3, 0.4) is 0 Å². The van der Waals surface area contributed by atoms with Crippen LogP contribution in [0.4, 0.5) is 5.69 Å². The number of carbonyl (C=O) groups excluding carboxylic acids is 1. The molecule has 0 radical (unpaired) electrons. The zero-order valence-corrected chi connectivity index (χ0v) is 12.5. The summed E-state index contributed by atoms with van der Waals surface area (Å²) in [6.07, 6.45) is 3.39. The monoisotopic (exact) mass is 262 g/mol. The molecule has 106 valence electrons. The second-order valence-corrected chi connectivity index (χ2v) is 5.18. The van der Waals surface area contributed by atoms with E-state index in [9.17, 15) is 4.79 Å². The Morgan fingerprint density at radius 1 is 1.26 bits per heavy atom. The van der Waals surface area contributed by atoms with Gasteiger partial charge < -0.3 is 10.6 Å². The van der Waals surface area contributed by atoms with Gasteiger partial charge in [0.05, 0.1) is 0 Å². The highest BCUT2D eigenvalue weighted by Gasteiger charge is 2.12. The Hall–Kier alpha value is -1.51. The minimum Gasteiger partial charge on any atom is -0.374 e. The summed E-state index contributed by atoms with van der Waals surface area (Å²) in [6, 6.07) is 6.03. The highest BCUT2D eigenvalue weighted by Crippen LogP contribution is 2.17. The lowest BCUT2D eigenvalue weighted by Crippen LogP contribution is -2.38. The predicted molar refractivity (Wildman–Crippen MR) is 81.5 cm³/mol. The Kier molecular flexibility index (Phi) is 6.40. The average molecular weight is 262 g/mol. The quantitative estimate of drug-likeness (QED) is 0.739. The third-order valence-electron chi connectivity index (χ3n) is 3.24. The lowest BCUT2D eigenvalue weighted by atomic mass is 10.1. The SMILES string of the molecule is CCCCCNC(=O)C(C)Nc1cc(C)ccc1C. The summed E-state index contributed by atoms with van der Waals surface area (Å²) in [6.45, 7) is 8.93. The van der Waals surface area contributed by atoms with Gasteiger partial charge in [-0.05, 0) is 44.4 Å². The molecule has 1 unspecified atom stereocenters. The van der Waals surface area contributed by atoms with Crippen molar-refractivity contribution in [2.45, 2.75) is 53.0 Å². The van der Waals surface area contributed by atoms with Gasteiger partial charge in [-0.2, -0.15) is 0 Å². The molecule has 1 rings (SSSR count). The van der Waals surface area contributed by atoms with Crippen LogP contribution >= 0.6 is 0 Å². The number of aryl methyl sites for hydroxylation is 2. The van der Waals surface area contributed by atoms with Crippen LogP contribution in [0.5, 0.6) is 0 Å². The first-order valence-electron chi connectivity index (χ1n) is 7.16. The number of benzene rings is 1. The fraction of sp³-hybridized carbons (Fsp3) is 0.562. The molecule has 0 bridgehead atoms. The van der Waals surface area contributed by atoms with E-state index in [-0.39, 0.29) is 11.9 Å². The second-order valence-electron chi connectivity index (χ2n) is 5.18. The highest BCUT2D eigenvalue weighted by molar-refractivity contribution is 5.84.